The fourth-order valence-corrected chi connectivity index (χ4v) is 1.97. The van der Waals surface area contributed by atoms with E-state index in [2.05, 4.69) is 13.8 Å². The van der Waals surface area contributed by atoms with Crippen LogP contribution in [0.2, 0.25) is 5.02 Å². The van der Waals surface area contributed by atoms with Gasteiger partial charge in [0.25, 0.3) is 0 Å². The maximum atomic E-state index is 13.6. The molecule has 16 heavy (non-hydrogen) atoms. The summed E-state index contributed by atoms with van der Waals surface area (Å²) >= 11 is 6.09. The molecule has 90 valence electrons. The first-order chi connectivity index (χ1) is 7.43. The summed E-state index contributed by atoms with van der Waals surface area (Å²) in [7, 11) is 0. The minimum Gasteiger partial charge on any atom is -0.324 e. The van der Waals surface area contributed by atoms with Crippen molar-refractivity contribution in [2.24, 2.45) is 11.7 Å². The summed E-state index contributed by atoms with van der Waals surface area (Å²) in [6.07, 6.45) is 1.74. The van der Waals surface area contributed by atoms with Crippen LogP contribution in [0, 0.1) is 18.7 Å². The van der Waals surface area contributed by atoms with Crippen LogP contribution in [0.15, 0.2) is 12.1 Å². The van der Waals surface area contributed by atoms with E-state index in [1.807, 2.05) is 6.92 Å². The molecule has 0 saturated carbocycles. The Morgan fingerprint density at radius 3 is 2.50 bits per heavy atom. The summed E-state index contributed by atoms with van der Waals surface area (Å²) in [6.45, 7) is 6.11. The van der Waals surface area contributed by atoms with Crippen LogP contribution < -0.4 is 5.73 Å². The van der Waals surface area contributed by atoms with Gasteiger partial charge < -0.3 is 5.73 Å². The quantitative estimate of drug-likeness (QED) is 0.842. The minimum atomic E-state index is -0.310. The van der Waals surface area contributed by atoms with E-state index in [0.29, 0.717) is 16.5 Å². The first-order valence-corrected chi connectivity index (χ1v) is 6.01. The van der Waals surface area contributed by atoms with E-state index >= 15 is 0 Å². The largest absolute Gasteiger partial charge is 0.324 e. The first kappa shape index (κ1) is 13.5. The number of hydrogen-bond donors (Lipinski definition) is 1. The highest BCUT2D eigenvalue weighted by Crippen LogP contribution is 2.30. The highest BCUT2D eigenvalue weighted by atomic mass is 35.5. The van der Waals surface area contributed by atoms with Crippen molar-refractivity contribution >= 4 is 11.6 Å². The van der Waals surface area contributed by atoms with Crippen LogP contribution >= 0.6 is 11.6 Å². The standard InChI is InChI=1S/C13H19ClFN/c1-8(2)4-7-11(16)12-10(15)6-5-9(3)13(12)14/h5-6,8,11H,4,7,16H2,1-3H3/t11-/m1/s1. The van der Waals surface area contributed by atoms with Crippen molar-refractivity contribution in [3.8, 4) is 0 Å². The second kappa shape index (κ2) is 5.65. The zero-order valence-electron chi connectivity index (χ0n) is 10.1. The molecule has 1 rings (SSSR count). The lowest BCUT2D eigenvalue weighted by Crippen LogP contribution is -2.14. The van der Waals surface area contributed by atoms with Gasteiger partial charge in [-0.15, -0.1) is 0 Å². The first-order valence-electron chi connectivity index (χ1n) is 5.63. The third-order valence-electron chi connectivity index (χ3n) is 2.75. The monoisotopic (exact) mass is 243 g/mol. The highest BCUT2D eigenvalue weighted by molar-refractivity contribution is 6.32. The molecular formula is C13H19ClFN. The Kier molecular flexibility index (Phi) is 4.75. The lowest BCUT2D eigenvalue weighted by atomic mass is 9.97. The number of nitrogens with two attached hydrogens (primary N) is 1. The molecule has 1 aromatic carbocycles. The van der Waals surface area contributed by atoms with Gasteiger partial charge in [-0.3, -0.25) is 0 Å². The number of rotatable bonds is 4. The Bertz CT molecular complexity index is 363. The summed E-state index contributed by atoms with van der Waals surface area (Å²) in [6, 6.07) is 2.80. The van der Waals surface area contributed by atoms with Crippen LogP contribution in [-0.4, -0.2) is 0 Å². The smallest absolute Gasteiger partial charge is 0.129 e. The van der Waals surface area contributed by atoms with Crippen molar-refractivity contribution in [1.29, 1.82) is 0 Å². The second-order valence-corrected chi connectivity index (χ2v) is 5.05. The van der Waals surface area contributed by atoms with Crippen LogP contribution in [-0.2, 0) is 0 Å². The van der Waals surface area contributed by atoms with Gasteiger partial charge in [0.2, 0.25) is 0 Å². The van der Waals surface area contributed by atoms with E-state index in [0.717, 1.165) is 18.4 Å². The van der Waals surface area contributed by atoms with Gasteiger partial charge in [-0.2, -0.15) is 0 Å². The molecule has 1 nitrogen and oxygen atoms in total. The number of hydrogen-bond acceptors (Lipinski definition) is 1. The topological polar surface area (TPSA) is 26.0 Å². The number of halogens is 2. The van der Waals surface area contributed by atoms with E-state index in [4.69, 9.17) is 17.3 Å². The Labute approximate surface area is 102 Å². The van der Waals surface area contributed by atoms with Crippen molar-refractivity contribution in [3.63, 3.8) is 0 Å². The maximum Gasteiger partial charge on any atom is 0.129 e. The van der Waals surface area contributed by atoms with Gasteiger partial charge in [-0.1, -0.05) is 31.5 Å². The third-order valence-corrected chi connectivity index (χ3v) is 3.25. The Morgan fingerprint density at radius 2 is 1.94 bits per heavy atom. The normalized spacial score (nSPS) is 13.2. The molecule has 0 aliphatic heterocycles. The average molecular weight is 244 g/mol. The zero-order chi connectivity index (χ0) is 12.3. The van der Waals surface area contributed by atoms with Crippen LogP contribution in [0.25, 0.3) is 0 Å². The van der Waals surface area contributed by atoms with Gasteiger partial charge >= 0.3 is 0 Å². The molecule has 0 aliphatic rings. The Hall–Kier alpha value is -0.600. The second-order valence-electron chi connectivity index (χ2n) is 4.67. The van der Waals surface area contributed by atoms with Gasteiger partial charge in [-0.05, 0) is 37.3 Å². The summed E-state index contributed by atoms with van der Waals surface area (Å²) in [4.78, 5) is 0. The molecule has 1 aromatic rings. The van der Waals surface area contributed by atoms with Crippen LogP contribution in [0.4, 0.5) is 4.39 Å². The van der Waals surface area contributed by atoms with E-state index in [1.54, 1.807) is 6.07 Å². The predicted molar refractivity (Wildman–Crippen MR) is 67.1 cm³/mol. The molecule has 0 bridgehead atoms. The van der Waals surface area contributed by atoms with Crippen LogP contribution in [0.1, 0.15) is 43.9 Å². The fraction of sp³-hybridized carbons (Fsp3) is 0.538. The van der Waals surface area contributed by atoms with Crippen molar-refractivity contribution in [2.45, 2.75) is 39.7 Å². The average Bonchev–Trinajstić information content (AvgIpc) is 2.21. The van der Waals surface area contributed by atoms with Crippen molar-refractivity contribution < 1.29 is 4.39 Å². The summed E-state index contributed by atoms with van der Waals surface area (Å²) in [5, 5.41) is 0.469. The third kappa shape index (κ3) is 3.19. The molecule has 0 spiro atoms. The van der Waals surface area contributed by atoms with E-state index in [9.17, 15) is 4.39 Å². The maximum absolute atomic E-state index is 13.6. The Balaban J connectivity index is 2.90. The molecular weight excluding hydrogens is 225 g/mol. The zero-order valence-corrected chi connectivity index (χ0v) is 10.8. The van der Waals surface area contributed by atoms with Gasteiger partial charge in [0, 0.05) is 11.6 Å². The molecule has 0 aromatic heterocycles. The van der Waals surface area contributed by atoms with Crippen LogP contribution in [0.5, 0.6) is 0 Å². The molecule has 0 unspecified atom stereocenters. The molecule has 0 amide bonds. The minimum absolute atomic E-state index is 0.299. The fourth-order valence-electron chi connectivity index (χ4n) is 1.68. The molecule has 1 atom stereocenters. The van der Waals surface area contributed by atoms with Crippen molar-refractivity contribution in [2.75, 3.05) is 0 Å². The molecule has 2 N–H and O–H groups in total. The van der Waals surface area contributed by atoms with E-state index in [-0.39, 0.29) is 11.9 Å². The summed E-state index contributed by atoms with van der Waals surface area (Å²) in [5.41, 5.74) is 7.32. The van der Waals surface area contributed by atoms with Gasteiger partial charge in [-0.25, -0.2) is 4.39 Å². The lowest BCUT2D eigenvalue weighted by Gasteiger charge is -2.17. The van der Waals surface area contributed by atoms with Crippen molar-refractivity contribution in [1.82, 2.24) is 0 Å². The molecule has 0 radical (unpaired) electrons. The Morgan fingerprint density at radius 1 is 1.31 bits per heavy atom. The lowest BCUT2D eigenvalue weighted by molar-refractivity contribution is 0.491. The summed E-state index contributed by atoms with van der Waals surface area (Å²) < 4.78 is 13.6. The van der Waals surface area contributed by atoms with Gasteiger partial charge in [0.05, 0.1) is 5.02 Å². The van der Waals surface area contributed by atoms with Crippen LogP contribution in [0.3, 0.4) is 0 Å². The van der Waals surface area contributed by atoms with Crippen molar-refractivity contribution in [3.05, 3.63) is 34.1 Å². The van der Waals surface area contributed by atoms with E-state index < -0.39 is 0 Å². The summed E-state index contributed by atoms with van der Waals surface area (Å²) in [5.74, 6) is 0.268. The molecule has 0 aliphatic carbocycles. The van der Waals surface area contributed by atoms with Gasteiger partial charge in [0.15, 0.2) is 0 Å². The highest BCUT2D eigenvalue weighted by Gasteiger charge is 2.17. The molecule has 0 fully saturated rings. The number of aryl methyl sites for hydroxylation is 1. The molecule has 3 heteroatoms. The van der Waals surface area contributed by atoms with Gasteiger partial charge in [0.1, 0.15) is 5.82 Å². The van der Waals surface area contributed by atoms with E-state index in [1.165, 1.54) is 6.07 Å². The predicted octanol–water partition coefficient (Wildman–Crippen LogP) is 4.22. The molecule has 0 saturated heterocycles. The molecule has 0 heterocycles. The number of benzene rings is 1. The SMILES string of the molecule is Cc1ccc(F)c([C@H](N)CCC(C)C)c1Cl.